The van der Waals surface area contributed by atoms with Gasteiger partial charge in [0.2, 0.25) is 0 Å². The Labute approximate surface area is 215 Å². The highest BCUT2D eigenvalue weighted by atomic mass is 35.5. The molecule has 6 nitrogen and oxygen atoms in total. The van der Waals surface area contributed by atoms with Gasteiger partial charge in [-0.05, 0) is 48.5 Å². The smallest absolute Gasteiger partial charge is 0.395 e. The van der Waals surface area contributed by atoms with Crippen LogP contribution in [0.2, 0.25) is 10.0 Å². The van der Waals surface area contributed by atoms with Crippen molar-refractivity contribution in [3.05, 3.63) is 107 Å². The van der Waals surface area contributed by atoms with Crippen molar-refractivity contribution < 1.29 is 28.5 Å². The Morgan fingerprint density at radius 2 is 1.11 bits per heavy atom. The van der Waals surface area contributed by atoms with E-state index in [1.165, 1.54) is 0 Å². The minimum atomic E-state index is -0.971. The maximum absolute atomic E-state index is 12.7. The van der Waals surface area contributed by atoms with Gasteiger partial charge in [0, 0.05) is 26.6 Å². The maximum Gasteiger partial charge on any atom is 0.519 e. The molecule has 0 amide bonds. The first-order valence-corrected chi connectivity index (χ1v) is 11.5. The number of carbonyl (C=O) groups is 2. The Morgan fingerprint density at radius 3 is 1.72 bits per heavy atom. The van der Waals surface area contributed by atoms with E-state index in [9.17, 15) is 9.59 Å². The molecule has 0 aliphatic rings. The molecule has 0 heterocycles. The number of ether oxygens (including phenoxy) is 4. The molecule has 0 bridgehead atoms. The lowest BCUT2D eigenvalue weighted by molar-refractivity contribution is 0.151. The van der Waals surface area contributed by atoms with E-state index < -0.39 is 12.3 Å². The predicted octanol–water partition coefficient (Wildman–Crippen LogP) is 8.46. The Hall–Kier alpha value is -4.26. The molecule has 8 heteroatoms. The van der Waals surface area contributed by atoms with Crippen LogP contribution < -0.4 is 18.9 Å². The number of carbonyl (C=O) groups excluding carboxylic acids is 2. The van der Waals surface area contributed by atoms with Crippen molar-refractivity contribution in [2.45, 2.75) is 0 Å². The summed E-state index contributed by atoms with van der Waals surface area (Å²) in [7, 11) is 0. The summed E-state index contributed by atoms with van der Waals surface area (Å²) in [5.74, 6) is 0.909. The zero-order valence-electron chi connectivity index (χ0n) is 18.4. The quantitative estimate of drug-likeness (QED) is 0.135. The van der Waals surface area contributed by atoms with E-state index in [2.05, 4.69) is 0 Å². The zero-order valence-corrected chi connectivity index (χ0v) is 20.0. The molecule has 178 valence electrons. The van der Waals surface area contributed by atoms with E-state index in [-0.39, 0.29) is 16.5 Å². The normalized spacial score (nSPS) is 10.7. The summed E-state index contributed by atoms with van der Waals surface area (Å²) in [4.78, 5) is 25.4. The summed E-state index contributed by atoms with van der Waals surface area (Å²) in [5, 5.41) is 2.22. The number of hydrogen-bond donors (Lipinski definition) is 0. The fraction of sp³-hybridized carbons (Fsp3) is 0. The molecule has 0 saturated carbocycles. The van der Waals surface area contributed by atoms with Crippen LogP contribution in [0.15, 0.2) is 97.1 Å². The highest BCUT2D eigenvalue weighted by Crippen LogP contribution is 2.46. The number of halogens is 2. The maximum atomic E-state index is 12.7. The molecule has 0 unspecified atom stereocenters. The van der Waals surface area contributed by atoms with Crippen molar-refractivity contribution in [3.8, 4) is 23.0 Å². The Kier molecular flexibility index (Phi) is 6.62. The fourth-order valence-corrected chi connectivity index (χ4v) is 4.15. The summed E-state index contributed by atoms with van der Waals surface area (Å²) in [5.41, 5.74) is 0. The van der Waals surface area contributed by atoms with Gasteiger partial charge in [0.25, 0.3) is 0 Å². The van der Waals surface area contributed by atoms with Crippen LogP contribution in [0.4, 0.5) is 9.59 Å². The number of rotatable bonds is 4. The minimum absolute atomic E-state index is 0.109. The third kappa shape index (κ3) is 4.91. The van der Waals surface area contributed by atoms with Gasteiger partial charge in [-0.15, -0.1) is 0 Å². The monoisotopic (exact) mass is 518 g/mol. The largest absolute Gasteiger partial charge is 0.519 e. The Morgan fingerprint density at radius 1 is 0.528 bits per heavy atom. The SMILES string of the molecule is O=C(Oc1ccccc1)Oc1c2ccc(Cl)cc2c(OC(=O)Oc2ccccc2)c2c(Cl)cccc12. The number of benzene rings is 5. The number of hydrogen-bond acceptors (Lipinski definition) is 6. The van der Waals surface area contributed by atoms with E-state index >= 15 is 0 Å². The van der Waals surface area contributed by atoms with Crippen LogP contribution in [0.3, 0.4) is 0 Å². The summed E-state index contributed by atoms with van der Waals surface area (Å²) >= 11 is 12.8. The van der Waals surface area contributed by atoms with E-state index in [0.717, 1.165) is 0 Å². The molecular weight excluding hydrogens is 503 g/mol. The molecule has 0 fully saturated rings. The molecule has 0 atom stereocenters. The van der Waals surface area contributed by atoms with Gasteiger partial charge in [-0.25, -0.2) is 9.59 Å². The van der Waals surface area contributed by atoms with Crippen molar-refractivity contribution >= 4 is 57.1 Å². The molecule has 0 aromatic heterocycles. The van der Waals surface area contributed by atoms with Crippen molar-refractivity contribution in [3.63, 3.8) is 0 Å². The summed E-state index contributed by atoms with van der Waals surface area (Å²) < 4.78 is 21.9. The molecule has 0 saturated heterocycles. The van der Waals surface area contributed by atoms with Gasteiger partial charge in [-0.3, -0.25) is 0 Å². The molecule has 0 aliphatic carbocycles. The molecule has 36 heavy (non-hydrogen) atoms. The second-order valence-electron chi connectivity index (χ2n) is 7.54. The molecule has 5 rings (SSSR count). The molecule has 5 aromatic carbocycles. The van der Waals surface area contributed by atoms with Gasteiger partial charge in [0.1, 0.15) is 11.5 Å². The van der Waals surface area contributed by atoms with Gasteiger partial charge in [0.15, 0.2) is 11.5 Å². The predicted molar refractivity (Wildman–Crippen MR) is 138 cm³/mol. The molecule has 5 aromatic rings. The van der Waals surface area contributed by atoms with Crippen LogP contribution in [0.1, 0.15) is 0 Å². The molecule has 0 radical (unpaired) electrons. The van der Waals surface area contributed by atoms with Crippen molar-refractivity contribution in [2.24, 2.45) is 0 Å². The van der Waals surface area contributed by atoms with Crippen molar-refractivity contribution in [1.29, 1.82) is 0 Å². The van der Waals surface area contributed by atoms with E-state index in [1.807, 2.05) is 0 Å². The first-order valence-electron chi connectivity index (χ1n) is 10.7. The first-order chi connectivity index (χ1) is 17.5. The number of para-hydroxylation sites is 2. The van der Waals surface area contributed by atoms with Gasteiger partial charge < -0.3 is 18.9 Å². The third-order valence-corrected chi connectivity index (χ3v) is 5.77. The molecule has 0 N–H and O–H groups in total. The van der Waals surface area contributed by atoms with Gasteiger partial charge in [-0.1, -0.05) is 71.7 Å². The first kappa shape index (κ1) is 23.5. The summed E-state index contributed by atoms with van der Waals surface area (Å²) in [6.07, 6.45) is -1.92. The average Bonchev–Trinajstić information content (AvgIpc) is 2.87. The minimum Gasteiger partial charge on any atom is -0.395 e. The van der Waals surface area contributed by atoms with Crippen LogP contribution in [0.25, 0.3) is 21.5 Å². The van der Waals surface area contributed by atoms with Crippen molar-refractivity contribution in [2.75, 3.05) is 0 Å². The van der Waals surface area contributed by atoms with E-state index in [1.54, 1.807) is 97.1 Å². The van der Waals surface area contributed by atoms with Crippen LogP contribution >= 0.6 is 23.2 Å². The van der Waals surface area contributed by atoms with Crippen LogP contribution in [0.5, 0.6) is 23.0 Å². The third-order valence-electron chi connectivity index (χ3n) is 5.22. The highest BCUT2D eigenvalue weighted by Gasteiger charge is 2.23. The Bertz CT molecular complexity index is 1590. The molecular formula is C28H16Cl2O6. The molecule has 0 spiro atoms. The lowest BCUT2D eigenvalue weighted by Crippen LogP contribution is -2.16. The van der Waals surface area contributed by atoms with E-state index in [4.69, 9.17) is 42.1 Å². The lowest BCUT2D eigenvalue weighted by Gasteiger charge is -2.17. The topological polar surface area (TPSA) is 71.1 Å². The lowest BCUT2D eigenvalue weighted by atomic mass is 10.0. The van der Waals surface area contributed by atoms with Crippen molar-refractivity contribution in [1.82, 2.24) is 0 Å². The van der Waals surface area contributed by atoms with Crippen LogP contribution in [-0.2, 0) is 0 Å². The Balaban J connectivity index is 1.61. The fourth-order valence-electron chi connectivity index (χ4n) is 3.72. The number of fused-ring (bicyclic) bond motifs is 2. The van der Waals surface area contributed by atoms with E-state index in [0.29, 0.717) is 38.1 Å². The van der Waals surface area contributed by atoms with Gasteiger partial charge in [0.05, 0.1) is 5.02 Å². The highest BCUT2D eigenvalue weighted by molar-refractivity contribution is 6.38. The average molecular weight is 519 g/mol. The zero-order chi connectivity index (χ0) is 25.1. The second kappa shape index (κ2) is 10.2. The standard InChI is InChI=1S/C28H16Cl2O6/c29-17-14-15-20-22(16-17)26(36-28(32)34-19-10-5-2-6-11-19)24-21(12-7-13-23(24)30)25(20)35-27(31)33-18-8-3-1-4-9-18/h1-16H. The van der Waals surface area contributed by atoms with Crippen LogP contribution in [0, 0.1) is 0 Å². The van der Waals surface area contributed by atoms with Crippen LogP contribution in [-0.4, -0.2) is 12.3 Å². The van der Waals surface area contributed by atoms with Gasteiger partial charge >= 0.3 is 12.3 Å². The van der Waals surface area contributed by atoms with Gasteiger partial charge in [-0.2, -0.15) is 0 Å². The molecule has 0 aliphatic heterocycles. The summed E-state index contributed by atoms with van der Waals surface area (Å²) in [6, 6.07) is 26.9. The second-order valence-corrected chi connectivity index (χ2v) is 8.39. The summed E-state index contributed by atoms with van der Waals surface area (Å²) in [6.45, 7) is 0.